The average Bonchev–Trinajstić information content (AvgIpc) is 3.50. The van der Waals surface area contributed by atoms with Crippen molar-refractivity contribution in [3.63, 3.8) is 0 Å². The fraction of sp³-hybridized carbons (Fsp3) is 0.269. The van der Waals surface area contributed by atoms with Crippen LogP contribution in [0.1, 0.15) is 52.8 Å². The Bertz CT molecular complexity index is 1250. The van der Waals surface area contributed by atoms with E-state index in [0.717, 1.165) is 57.0 Å². The maximum absolute atomic E-state index is 13.5. The van der Waals surface area contributed by atoms with Gasteiger partial charge in [-0.25, -0.2) is 9.97 Å². The molecule has 0 spiro atoms. The second kappa shape index (κ2) is 8.81. The monoisotopic (exact) mass is 442 g/mol. The summed E-state index contributed by atoms with van der Waals surface area (Å²) in [6, 6.07) is 20.4. The van der Waals surface area contributed by atoms with Crippen molar-refractivity contribution in [2.75, 3.05) is 13.6 Å². The molecule has 2 atom stereocenters. The van der Waals surface area contributed by atoms with Crippen LogP contribution in [0.5, 0.6) is 0 Å². The van der Waals surface area contributed by atoms with E-state index < -0.39 is 0 Å². The first-order chi connectivity index (χ1) is 15.7. The Morgan fingerprint density at radius 1 is 1.16 bits per heavy atom. The molecular formula is C26H26N4OS. The Morgan fingerprint density at radius 2 is 2.00 bits per heavy atom. The van der Waals surface area contributed by atoms with Crippen LogP contribution in [0.25, 0.3) is 21.5 Å². The van der Waals surface area contributed by atoms with Gasteiger partial charge in [0.15, 0.2) is 0 Å². The number of amides is 1. The van der Waals surface area contributed by atoms with Gasteiger partial charge in [0.1, 0.15) is 15.4 Å². The van der Waals surface area contributed by atoms with Gasteiger partial charge in [0.2, 0.25) is 0 Å². The van der Waals surface area contributed by atoms with Crippen molar-refractivity contribution < 1.29 is 4.79 Å². The van der Waals surface area contributed by atoms with Crippen molar-refractivity contribution >= 4 is 27.6 Å². The third-order valence-corrected chi connectivity index (χ3v) is 7.33. The van der Waals surface area contributed by atoms with Crippen LogP contribution in [0.2, 0.25) is 0 Å². The number of hydrogen-bond donors (Lipinski definition) is 1. The zero-order valence-corrected chi connectivity index (χ0v) is 19.1. The highest BCUT2D eigenvalue weighted by atomic mass is 32.1. The Labute approximate surface area is 192 Å². The number of thiazole rings is 1. The molecule has 0 bridgehead atoms. The summed E-state index contributed by atoms with van der Waals surface area (Å²) in [5.74, 6) is 0.0770. The summed E-state index contributed by atoms with van der Waals surface area (Å²) < 4.78 is 0. The number of carbonyl (C=O) groups is 1. The molecule has 0 aliphatic carbocycles. The molecule has 0 saturated carbocycles. The number of carbonyl (C=O) groups excluding carboxylic acids is 1. The van der Waals surface area contributed by atoms with Crippen molar-refractivity contribution in [2.45, 2.75) is 31.8 Å². The van der Waals surface area contributed by atoms with Gasteiger partial charge in [-0.2, -0.15) is 0 Å². The van der Waals surface area contributed by atoms with Crippen molar-refractivity contribution in [3.8, 4) is 11.1 Å². The highest BCUT2D eigenvalue weighted by molar-refractivity contribution is 7.18. The first-order valence-electron chi connectivity index (χ1n) is 11.0. The fourth-order valence-electron chi connectivity index (χ4n) is 4.38. The summed E-state index contributed by atoms with van der Waals surface area (Å²) in [6.45, 7) is 2.85. The van der Waals surface area contributed by atoms with Gasteiger partial charge in [-0.3, -0.25) is 4.79 Å². The van der Waals surface area contributed by atoms with Crippen molar-refractivity contribution in [1.82, 2.24) is 20.2 Å². The molecule has 1 N–H and O–H groups in total. The van der Waals surface area contributed by atoms with Gasteiger partial charge in [0.25, 0.3) is 5.91 Å². The van der Waals surface area contributed by atoms with Gasteiger partial charge in [0, 0.05) is 29.9 Å². The molecule has 2 aromatic heterocycles. The van der Waals surface area contributed by atoms with E-state index in [9.17, 15) is 4.79 Å². The zero-order valence-electron chi connectivity index (χ0n) is 18.3. The smallest absolute Gasteiger partial charge is 0.254 e. The Balaban J connectivity index is 1.48. The van der Waals surface area contributed by atoms with Gasteiger partial charge >= 0.3 is 0 Å². The lowest BCUT2D eigenvalue weighted by Gasteiger charge is -2.23. The predicted octanol–water partition coefficient (Wildman–Crippen LogP) is 5.62. The van der Waals surface area contributed by atoms with Crippen LogP contribution in [-0.2, 0) is 0 Å². The largest absolute Gasteiger partial charge is 0.329 e. The Kier molecular flexibility index (Phi) is 5.72. The highest BCUT2D eigenvalue weighted by Gasteiger charge is 2.33. The Morgan fingerprint density at radius 3 is 2.81 bits per heavy atom. The summed E-state index contributed by atoms with van der Waals surface area (Å²) in [5, 5.41) is 4.22. The standard InChI is InChI=1S/C26H26N4OS/c1-17(27-2)19-10-6-11-20(16-19)26(31)30-15-7-12-22(30)24-29-23-21(13-14-28-25(23)32-24)18-8-4-3-5-9-18/h3-6,8-11,13-14,16-17,22,27H,7,12,15H2,1-2H3. The molecule has 2 aromatic carbocycles. The normalized spacial score (nSPS) is 17.1. The maximum atomic E-state index is 13.5. The molecule has 1 fully saturated rings. The van der Waals surface area contributed by atoms with Crippen LogP contribution in [0.4, 0.5) is 0 Å². The minimum absolute atomic E-state index is 0.00398. The quantitative estimate of drug-likeness (QED) is 0.436. The van der Waals surface area contributed by atoms with E-state index >= 15 is 0 Å². The van der Waals surface area contributed by atoms with Gasteiger partial charge < -0.3 is 10.2 Å². The molecule has 1 aliphatic rings. The first-order valence-corrected chi connectivity index (χ1v) is 11.9. The molecule has 0 radical (unpaired) electrons. The molecule has 1 amide bonds. The number of rotatable bonds is 5. The lowest BCUT2D eigenvalue weighted by Crippen LogP contribution is -2.30. The Hall–Kier alpha value is -3.09. The summed E-state index contributed by atoms with van der Waals surface area (Å²) in [5.41, 5.74) is 4.99. The summed E-state index contributed by atoms with van der Waals surface area (Å²) in [4.78, 5) is 26.0. The molecule has 32 heavy (non-hydrogen) atoms. The number of likely N-dealkylation sites (tertiary alicyclic amines) is 1. The van der Waals surface area contributed by atoms with Crippen LogP contribution in [0.3, 0.4) is 0 Å². The van der Waals surface area contributed by atoms with Crippen LogP contribution < -0.4 is 5.32 Å². The number of benzene rings is 2. The van der Waals surface area contributed by atoms with E-state index in [-0.39, 0.29) is 18.0 Å². The van der Waals surface area contributed by atoms with Crippen molar-refractivity contribution in [2.24, 2.45) is 0 Å². The van der Waals surface area contributed by atoms with E-state index in [1.54, 1.807) is 11.3 Å². The van der Waals surface area contributed by atoms with E-state index in [4.69, 9.17) is 4.98 Å². The van der Waals surface area contributed by atoms with Crippen molar-refractivity contribution in [1.29, 1.82) is 0 Å². The molecule has 1 saturated heterocycles. The number of aromatic nitrogens is 2. The molecule has 3 heterocycles. The summed E-state index contributed by atoms with van der Waals surface area (Å²) >= 11 is 1.61. The minimum atomic E-state index is -0.00398. The molecule has 6 heteroatoms. The lowest BCUT2D eigenvalue weighted by molar-refractivity contribution is 0.0735. The van der Waals surface area contributed by atoms with Crippen LogP contribution in [0, 0.1) is 0 Å². The van der Waals surface area contributed by atoms with E-state index in [0.29, 0.717) is 0 Å². The third-order valence-electron chi connectivity index (χ3n) is 6.26. The van der Waals surface area contributed by atoms with Crippen LogP contribution in [-0.4, -0.2) is 34.4 Å². The molecule has 5 nitrogen and oxygen atoms in total. The van der Waals surface area contributed by atoms with Crippen molar-refractivity contribution in [3.05, 3.63) is 83.0 Å². The third kappa shape index (κ3) is 3.80. The topological polar surface area (TPSA) is 58.1 Å². The highest BCUT2D eigenvalue weighted by Crippen LogP contribution is 2.39. The number of hydrogen-bond acceptors (Lipinski definition) is 5. The number of nitrogens with zero attached hydrogens (tertiary/aromatic N) is 3. The zero-order chi connectivity index (χ0) is 22.1. The van der Waals surface area contributed by atoms with Gasteiger partial charge in [0.05, 0.1) is 6.04 Å². The second-order valence-corrected chi connectivity index (χ2v) is 9.23. The van der Waals surface area contributed by atoms with E-state index in [1.165, 1.54) is 0 Å². The van der Waals surface area contributed by atoms with E-state index in [2.05, 4.69) is 35.4 Å². The summed E-state index contributed by atoms with van der Waals surface area (Å²) in [6.07, 6.45) is 3.76. The van der Waals surface area contributed by atoms with E-state index in [1.807, 2.05) is 60.6 Å². The maximum Gasteiger partial charge on any atom is 0.254 e. The van der Waals surface area contributed by atoms with Crippen LogP contribution in [0.15, 0.2) is 66.9 Å². The second-order valence-electron chi connectivity index (χ2n) is 8.22. The number of fused-ring (bicyclic) bond motifs is 1. The molecular weight excluding hydrogens is 416 g/mol. The summed E-state index contributed by atoms with van der Waals surface area (Å²) in [7, 11) is 1.93. The molecule has 4 aromatic rings. The van der Waals surface area contributed by atoms with Gasteiger partial charge in [-0.15, -0.1) is 0 Å². The molecule has 5 rings (SSSR count). The fourth-order valence-corrected chi connectivity index (χ4v) is 5.46. The number of nitrogens with one attached hydrogen (secondary N) is 1. The molecule has 162 valence electrons. The predicted molar refractivity (Wildman–Crippen MR) is 130 cm³/mol. The number of pyridine rings is 1. The van der Waals surface area contributed by atoms with Gasteiger partial charge in [-0.1, -0.05) is 53.8 Å². The SMILES string of the molecule is CNC(C)c1cccc(C(=O)N2CCCC2c2nc3c(-c4ccccc4)ccnc3s2)c1. The van der Waals surface area contributed by atoms with Crippen LogP contribution >= 0.6 is 11.3 Å². The lowest BCUT2D eigenvalue weighted by atomic mass is 10.0. The average molecular weight is 443 g/mol. The molecule has 2 unspecified atom stereocenters. The first kappa shape index (κ1) is 20.8. The molecule has 1 aliphatic heterocycles. The minimum Gasteiger partial charge on any atom is -0.329 e. The van der Waals surface area contributed by atoms with Gasteiger partial charge in [-0.05, 0) is 56.1 Å².